The number of hydrogen-bond donors (Lipinski definition) is 1. The lowest BCUT2D eigenvalue weighted by Gasteiger charge is -2.24. The highest BCUT2D eigenvalue weighted by molar-refractivity contribution is 7.07. The Morgan fingerprint density at radius 1 is 1.29 bits per heavy atom. The first-order chi connectivity index (χ1) is 11.9. The maximum atomic E-state index is 5.94. The zero-order chi connectivity index (χ0) is 16.2. The van der Waals surface area contributed by atoms with E-state index in [2.05, 4.69) is 26.4 Å². The normalized spacial score (nSPS) is 16.8. The van der Waals surface area contributed by atoms with Crippen LogP contribution in [-0.2, 0) is 26.1 Å². The van der Waals surface area contributed by atoms with Gasteiger partial charge in [-0.15, -0.1) is 11.3 Å². The Kier molecular flexibility index (Phi) is 4.53. The summed E-state index contributed by atoms with van der Waals surface area (Å²) < 4.78 is 7.93. The topological polar surface area (TPSA) is 64.9 Å². The Morgan fingerprint density at radius 2 is 2.25 bits per heavy atom. The van der Waals surface area contributed by atoms with Crippen molar-refractivity contribution < 1.29 is 4.74 Å². The molecule has 24 heavy (non-hydrogen) atoms. The lowest BCUT2D eigenvalue weighted by atomic mass is 10.1. The molecular weight excluding hydrogens is 322 g/mol. The van der Waals surface area contributed by atoms with Crippen LogP contribution in [0.2, 0.25) is 0 Å². The Bertz CT molecular complexity index is 786. The van der Waals surface area contributed by atoms with Gasteiger partial charge in [-0.2, -0.15) is 5.10 Å². The largest absolute Gasteiger partial charge is 0.487 e. The summed E-state index contributed by atoms with van der Waals surface area (Å²) in [7, 11) is 0. The van der Waals surface area contributed by atoms with Crippen molar-refractivity contribution in [1.29, 1.82) is 0 Å². The minimum atomic E-state index is 0.408. The summed E-state index contributed by atoms with van der Waals surface area (Å²) in [5.74, 6) is 2.00. The van der Waals surface area contributed by atoms with Crippen molar-refractivity contribution >= 4 is 11.3 Å². The van der Waals surface area contributed by atoms with Gasteiger partial charge in [-0.05, 0) is 12.5 Å². The molecule has 1 aliphatic heterocycles. The quantitative estimate of drug-likeness (QED) is 0.746. The number of aromatic nitrogens is 4. The van der Waals surface area contributed by atoms with Crippen LogP contribution in [0.5, 0.6) is 5.75 Å². The van der Waals surface area contributed by atoms with Crippen LogP contribution in [0.3, 0.4) is 0 Å². The summed E-state index contributed by atoms with van der Waals surface area (Å²) in [6.07, 6.45) is 3.69. The van der Waals surface area contributed by atoms with E-state index in [1.165, 1.54) is 0 Å². The van der Waals surface area contributed by atoms with E-state index in [0.717, 1.165) is 48.8 Å². The molecule has 3 heterocycles. The fourth-order valence-electron chi connectivity index (χ4n) is 2.91. The van der Waals surface area contributed by atoms with Crippen molar-refractivity contribution in [2.75, 3.05) is 0 Å². The first-order valence-corrected chi connectivity index (χ1v) is 9.00. The predicted octanol–water partition coefficient (Wildman–Crippen LogP) is 2.42. The molecule has 0 radical (unpaired) electrons. The van der Waals surface area contributed by atoms with Gasteiger partial charge in [0, 0.05) is 30.0 Å². The lowest BCUT2D eigenvalue weighted by Crippen LogP contribution is -2.37. The number of ether oxygens (including phenoxy) is 1. The molecule has 1 aromatic carbocycles. The molecule has 0 saturated heterocycles. The zero-order valence-electron chi connectivity index (χ0n) is 13.3. The minimum Gasteiger partial charge on any atom is -0.487 e. The smallest absolute Gasteiger partial charge is 0.138 e. The molecule has 3 aromatic rings. The highest BCUT2D eigenvalue weighted by atomic mass is 32.1. The predicted molar refractivity (Wildman–Crippen MR) is 91.9 cm³/mol. The number of nitrogens with zero attached hydrogens (tertiary/aromatic N) is 4. The van der Waals surface area contributed by atoms with E-state index < -0.39 is 0 Å². The number of thiazole rings is 1. The molecule has 7 heteroatoms. The Morgan fingerprint density at radius 3 is 3.17 bits per heavy atom. The summed E-state index contributed by atoms with van der Waals surface area (Å²) in [6.45, 7) is 2.16. The Hall–Kier alpha value is -2.25. The maximum absolute atomic E-state index is 5.94. The third-order valence-electron chi connectivity index (χ3n) is 4.22. The molecule has 0 unspecified atom stereocenters. The Labute approximate surface area is 144 Å². The molecule has 0 saturated carbocycles. The summed E-state index contributed by atoms with van der Waals surface area (Å²) >= 11 is 1.59. The first-order valence-electron chi connectivity index (χ1n) is 8.06. The van der Waals surface area contributed by atoms with Crippen LogP contribution >= 0.6 is 11.3 Å². The maximum Gasteiger partial charge on any atom is 0.138 e. The molecule has 1 N–H and O–H groups in total. The number of rotatable bonds is 6. The molecular formula is C17H19N5OS. The number of hydrogen-bond acceptors (Lipinski definition) is 6. The van der Waals surface area contributed by atoms with Gasteiger partial charge in [0.25, 0.3) is 0 Å². The van der Waals surface area contributed by atoms with E-state index in [1.54, 1.807) is 17.7 Å². The van der Waals surface area contributed by atoms with Crippen LogP contribution in [0.1, 0.15) is 23.5 Å². The molecule has 0 aliphatic carbocycles. The SMILES string of the molecule is c1ccc(OCc2cscn2)c(CN[C@@H]2CCc3ncnn3C2)c1. The summed E-state index contributed by atoms with van der Waals surface area (Å²) in [4.78, 5) is 8.53. The fraction of sp³-hybridized carbons (Fsp3) is 0.353. The lowest BCUT2D eigenvalue weighted by molar-refractivity contribution is 0.295. The minimum absolute atomic E-state index is 0.408. The fourth-order valence-corrected chi connectivity index (χ4v) is 3.45. The second kappa shape index (κ2) is 7.11. The van der Waals surface area contributed by atoms with Gasteiger partial charge in [0.15, 0.2) is 0 Å². The molecule has 4 rings (SSSR count). The molecule has 124 valence electrons. The number of fused-ring (bicyclic) bond motifs is 1. The van der Waals surface area contributed by atoms with Crippen LogP contribution in [0, 0.1) is 0 Å². The summed E-state index contributed by atoms with van der Waals surface area (Å²) in [5.41, 5.74) is 3.96. The van der Waals surface area contributed by atoms with Gasteiger partial charge in [0.05, 0.1) is 17.7 Å². The van der Waals surface area contributed by atoms with Gasteiger partial charge in [0.2, 0.25) is 0 Å². The highest BCUT2D eigenvalue weighted by Gasteiger charge is 2.19. The molecule has 6 nitrogen and oxygen atoms in total. The second-order valence-electron chi connectivity index (χ2n) is 5.85. The third-order valence-corrected chi connectivity index (χ3v) is 4.85. The van der Waals surface area contributed by atoms with Gasteiger partial charge < -0.3 is 10.1 Å². The summed E-state index contributed by atoms with van der Waals surface area (Å²) in [6, 6.07) is 8.57. The van der Waals surface area contributed by atoms with Crippen molar-refractivity contribution in [2.24, 2.45) is 0 Å². The average Bonchev–Trinajstić information content (AvgIpc) is 3.29. The van der Waals surface area contributed by atoms with E-state index in [4.69, 9.17) is 4.74 Å². The molecule has 1 atom stereocenters. The number of aryl methyl sites for hydroxylation is 1. The average molecular weight is 341 g/mol. The van der Waals surface area contributed by atoms with Crippen LogP contribution in [0.15, 0.2) is 41.5 Å². The van der Waals surface area contributed by atoms with Crippen molar-refractivity contribution in [1.82, 2.24) is 25.1 Å². The standard InChI is InChI=1S/C17H19N5OS/c1-2-4-16(23-9-15-10-24-12-20-15)13(3-1)7-18-14-5-6-17-19-11-21-22(17)8-14/h1-4,10-12,14,18H,5-9H2/t14-/m1/s1. The van der Waals surface area contributed by atoms with E-state index in [9.17, 15) is 0 Å². The molecule has 0 spiro atoms. The van der Waals surface area contributed by atoms with Gasteiger partial charge in [-0.1, -0.05) is 18.2 Å². The van der Waals surface area contributed by atoms with E-state index in [1.807, 2.05) is 33.8 Å². The van der Waals surface area contributed by atoms with Gasteiger partial charge in [0.1, 0.15) is 24.5 Å². The van der Waals surface area contributed by atoms with Crippen LogP contribution < -0.4 is 10.1 Å². The van der Waals surface area contributed by atoms with Gasteiger partial charge in [-0.3, -0.25) is 0 Å². The van der Waals surface area contributed by atoms with Crippen molar-refractivity contribution in [3.05, 3.63) is 58.6 Å². The number of benzene rings is 1. The van der Waals surface area contributed by atoms with E-state index in [0.29, 0.717) is 12.6 Å². The Balaban J connectivity index is 1.36. The molecule has 0 amide bonds. The summed E-state index contributed by atoms with van der Waals surface area (Å²) in [5, 5.41) is 9.90. The van der Waals surface area contributed by atoms with Crippen molar-refractivity contribution in [3.63, 3.8) is 0 Å². The van der Waals surface area contributed by atoms with Crippen molar-refractivity contribution in [2.45, 2.75) is 38.6 Å². The van der Waals surface area contributed by atoms with Crippen molar-refractivity contribution in [3.8, 4) is 5.75 Å². The highest BCUT2D eigenvalue weighted by Crippen LogP contribution is 2.20. The van der Waals surface area contributed by atoms with Gasteiger partial charge >= 0.3 is 0 Å². The monoisotopic (exact) mass is 341 g/mol. The molecule has 2 aromatic heterocycles. The van der Waals surface area contributed by atoms with Crippen LogP contribution in [0.25, 0.3) is 0 Å². The van der Waals surface area contributed by atoms with Crippen LogP contribution in [0.4, 0.5) is 0 Å². The second-order valence-corrected chi connectivity index (χ2v) is 6.57. The number of para-hydroxylation sites is 1. The van der Waals surface area contributed by atoms with Gasteiger partial charge in [-0.25, -0.2) is 14.6 Å². The molecule has 1 aliphatic rings. The van der Waals surface area contributed by atoms with E-state index in [-0.39, 0.29) is 0 Å². The first kappa shape index (κ1) is 15.3. The number of nitrogens with one attached hydrogen (secondary N) is 1. The molecule has 0 bridgehead atoms. The third kappa shape index (κ3) is 3.47. The molecule has 0 fully saturated rings. The van der Waals surface area contributed by atoms with E-state index >= 15 is 0 Å². The zero-order valence-corrected chi connectivity index (χ0v) is 14.1. The van der Waals surface area contributed by atoms with Crippen LogP contribution in [-0.4, -0.2) is 25.8 Å².